The van der Waals surface area contributed by atoms with E-state index < -0.39 is 0 Å². The second-order valence-corrected chi connectivity index (χ2v) is 5.26. The van der Waals surface area contributed by atoms with Crippen molar-refractivity contribution in [1.82, 2.24) is 0 Å². The number of benzene rings is 2. The summed E-state index contributed by atoms with van der Waals surface area (Å²) >= 11 is 3.49. The van der Waals surface area contributed by atoms with E-state index >= 15 is 0 Å². The van der Waals surface area contributed by atoms with Crippen LogP contribution in [0.2, 0.25) is 0 Å². The number of aryl methyl sites for hydroxylation is 1. The van der Waals surface area contributed by atoms with Crippen LogP contribution >= 0.6 is 15.9 Å². The Balaban J connectivity index is 2.19. The van der Waals surface area contributed by atoms with Crippen LogP contribution in [0.4, 0.5) is 4.39 Å². The van der Waals surface area contributed by atoms with Gasteiger partial charge in [0.2, 0.25) is 0 Å². The topological polar surface area (TPSA) is 26.0 Å². The minimum absolute atomic E-state index is 0.196. The molecule has 1 atom stereocenters. The fourth-order valence-electron chi connectivity index (χ4n) is 1.86. The van der Waals surface area contributed by atoms with Crippen LogP contribution in [0.1, 0.15) is 22.7 Å². The van der Waals surface area contributed by atoms with E-state index in [0.717, 1.165) is 15.6 Å². The molecule has 0 heterocycles. The van der Waals surface area contributed by atoms with Crippen molar-refractivity contribution in [3.8, 4) is 0 Å². The second-order valence-electron chi connectivity index (χ2n) is 4.41. The Morgan fingerprint density at radius 2 is 1.94 bits per heavy atom. The maximum absolute atomic E-state index is 13.5. The zero-order chi connectivity index (χ0) is 13.1. The van der Waals surface area contributed by atoms with Gasteiger partial charge < -0.3 is 5.73 Å². The molecule has 0 saturated heterocycles. The normalized spacial score (nSPS) is 12.4. The molecule has 18 heavy (non-hydrogen) atoms. The first-order chi connectivity index (χ1) is 8.58. The third-order valence-electron chi connectivity index (χ3n) is 3.02. The Morgan fingerprint density at radius 3 is 2.61 bits per heavy atom. The van der Waals surface area contributed by atoms with Gasteiger partial charge in [-0.1, -0.05) is 46.3 Å². The summed E-state index contributed by atoms with van der Waals surface area (Å²) in [6.07, 6.45) is 0.684. The van der Waals surface area contributed by atoms with Crippen LogP contribution in [0.5, 0.6) is 0 Å². The molecule has 0 bridgehead atoms. The summed E-state index contributed by atoms with van der Waals surface area (Å²) in [7, 11) is 0. The summed E-state index contributed by atoms with van der Waals surface area (Å²) in [6, 6.07) is 12.9. The largest absolute Gasteiger partial charge is 0.324 e. The molecule has 1 unspecified atom stereocenters. The average Bonchev–Trinajstić information content (AvgIpc) is 2.35. The third kappa shape index (κ3) is 2.98. The van der Waals surface area contributed by atoms with E-state index in [2.05, 4.69) is 15.9 Å². The third-order valence-corrected chi connectivity index (χ3v) is 3.80. The SMILES string of the molecule is Cc1ccc(C(N)Cc2ccccc2Br)cc1F. The lowest BCUT2D eigenvalue weighted by Gasteiger charge is -2.14. The van der Waals surface area contributed by atoms with Gasteiger partial charge in [0.25, 0.3) is 0 Å². The van der Waals surface area contributed by atoms with Crippen LogP contribution in [-0.2, 0) is 6.42 Å². The molecule has 2 N–H and O–H groups in total. The molecule has 0 fully saturated rings. The van der Waals surface area contributed by atoms with Crippen molar-refractivity contribution < 1.29 is 4.39 Å². The van der Waals surface area contributed by atoms with Gasteiger partial charge in [0.05, 0.1) is 0 Å². The molecule has 0 aromatic heterocycles. The van der Waals surface area contributed by atoms with Gasteiger partial charge >= 0.3 is 0 Å². The zero-order valence-electron chi connectivity index (χ0n) is 10.2. The summed E-state index contributed by atoms with van der Waals surface area (Å²) in [5.74, 6) is -0.199. The Morgan fingerprint density at radius 1 is 1.22 bits per heavy atom. The van der Waals surface area contributed by atoms with E-state index in [-0.39, 0.29) is 11.9 Å². The highest BCUT2D eigenvalue weighted by atomic mass is 79.9. The van der Waals surface area contributed by atoms with Crippen molar-refractivity contribution in [3.05, 3.63) is 69.4 Å². The van der Waals surface area contributed by atoms with E-state index in [1.807, 2.05) is 30.3 Å². The van der Waals surface area contributed by atoms with Crippen molar-refractivity contribution in [1.29, 1.82) is 0 Å². The van der Waals surface area contributed by atoms with E-state index in [1.165, 1.54) is 6.07 Å². The predicted octanol–water partition coefficient (Wildman–Crippen LogP) is 4.14. The molecule has 2 aromatic rings. The van der Waals surface area contributed by atoms with Crippen LogP contribution in [-0.4, -0.2) is 0 Å². The standard InChI is InChI=1S/C15H15BrFN/c1-10-6-7-12(8-14(10)17)15(18)9-11-4-2-3-5-13(11)16/h2-8,15H,9,18H2,1H3. The molecule has 0 radical (unpaired) electrons. The van der Waals surface area contributed by atoms with Gasteiger partial charge in [0.1, 0.15) is 5.82 Å². The van der Waals surface area contributed by atoms with Crippen LogP contribution in [0.15, 0.2) is 46.9 Å². The van der Waals surface area contributed by atoms with Crippen molar-refractivity contribution in [2.24, 2.45) is 5.73 Å². The minimum atomic E-state index is -0.199. The molecular formula is C15H15BrFN. The molecular weight excluding hydrogens is 293 g/mol. The van der Waals surface area contributed by atoms with Crippen molar-refractivity contribution in [2.45, 2.75) is 19.4 Å². The fourth-order valence-corrected chi connectivity index (χ4v) is 2.31. The number of hydrogen-bond acceptors (Lipinski definition) is 1. The van der Waals surface area contributed by atoms with Crippen LogP contribution in [0, 0.1) is 12.7 Å². The van der Waals surface area contributed by atoms with Gasteiger partial charge in [-0.3, -0.25) is 0 Å². The van der Waals surface area contributed by atoms with Crippen molar-refractivity contribution >= 4 is 15.9 Å². The highest BCUT2D eigenvalue weighted by Gasteiger charge is 2.10. The van der Waals surface area contributed by atoms with Gasteiger partial charge in [0, 0.05) is 10.5 Å². The zero-order valence-corrected chi connectivity index (χ0v) is 11.7. The molecule has 0 aliphatic carbocycles. The number of rotatable bonds is 3. The first-order valence-electron chi connectivity index (χ1n) is 5.83. The molecule has 3 heteroatoms. The van der Waals surface area contributed by atoms with E-state index in [9.17, 15) is 4.39 Å². The lowest BCUT2D eigenvalue weighted by atomic mass is 9.99. The Labute approximate surface area is 115 Å². The Bertz CT molecular complexity index is 554. The molecule has 2 rings (SSSR count). The molecule has 0 amide bonds. The van der Waals surface area contributed by atoms with Crippen molar-refractivity contribution in [3.63, 3.8) is 0 Å². The van der Waals surface area contributed by atoms with Crippen LogP contribution in [0.25, 0.3) is 0 Å². The summed E-state index contributed by atoms with van der Waals surface area (Å²) < 4.78 is 14.5. The van der Waals surface area contributed by atoms with Gasteiger partial charge in [0.15, 0.2) is 0 Å². The molecule has 94 valence electrons. The first-order valence-corrected chi connectivity index (χ1v) is 6.62. The Hall–Kier alpha value is -1.19. The summed E-state index contributed by atoms with van der Waals surface area (Å²) in [4.78, 5) is 0. The van der Waals surface area contributed by atoms with Gasteiger partial charge in [-0.05, 0) is 42.2 Å². The minimum Gasteiger partial charge on any atom is -0.324 e. The smallest absolute Gasteiger partial charge is 0.126 e. The predicted molar refractivity (Wildman–Crippen MR) is 75.9 cm³/mol. The number of nitrogens with two attached hydrogens (primary N) is 1. The fraction of sp³-hybridized carbons (Fsp3) is 0.200. The average molecular weight is 308 g/mol. The quantitative estimate of drug-likeness (QED) is 0.906. The van der Waals surface area contributed by atoms with Crippen LogP contribution < -0.4 is 5.73 Å². The molecule has 0 spiro atoms. The maximum atomic E-state index is 13.5. The van der Waals surface area contributed by atoms with Crippen LogP contribution in [0.3, 0.4) is 0 Å². The molecule has 2 aromatic carbocycles. The highest BCUT2D eigenvalue weighted by molar-refractivity contribution is 9.10. The summed E-state index contributed by atoms with van der Waals surface area (Å²) in [5.41, 5.74) is 8.73. The van der Waals surface area contributed by atoms with Crippen molar-refractivity contribution in [2.75, 3.05) is 0 Å². The van der Waals surface area contributed by atoms with Gasteiger partial charge in [-0.25, -0.2) is 4.39 Å². The maximum Gasteiger partial charge on any atom is 0.126 e. The number of halogens is 2. The monoisotopic (exact) mass is 307 g/mol. The molecule has 0 saturated carbocycles. The number of hydrogen-bond donors (Lipinski definition) is 1. The highest BCUT2D eigenvalue weighted by Crippen LogP contribution is 2.23. The second kappa shape index (κ2) is 5.63. The summed E-state index contributed by atoms with van der Waals surface area (Å²) in [6.45, 7) is 1.75. The van der Waals surface area contributed by atoms with Gasteiger partial charge in [-0.15, -0.1) is 0 Å². The molecule has 0 aliphatic heterocycles. The lowest BCUT2D eigenvalue weighted by molar-refractivity contribution is 0.609. The summed E-state index contributed by atoms with van der Waals surface area (Å²) in [5, 5.41) is 0. The first kappa shape index (κ1) is 13.2. The van der Waals surface area contributed by atoms with E-state index in [0.29, 0.717) is 12.0 Å². The Kier molecular flexibility index (Phi) is 4.15. The van der Waals surface area contributed by atoms with E-state index in [1.54, 1.807) is 13.0 Å². The lowest BCUT2D eigenvalue weighted by Crippen LogP contribution is -2.14. The molecule has 1 nitrogen and oxygen atoms in total. The van der Waals surface area contributed by atoms with E-state index in [4.69, 9.17) is 5.73 Å². The van der Waals surface area contributed by atoms with Gasteiger partial charge in [-0.2, -0.15) is 0 Å². The molecule has 0 aliphatic rings.